The van der Waals surface area contributed by atoms with Crippen molar-refractivity contribution in [2.24, 2.45) is 0 Å². The number of hydrogen-bond acceptors (Lipinski definition) is 6. The molecule has 2 atom stereocenters. The Morgan fingerprint density at radius 2 is 1.23 bits per heavy atom. The van der Waals surface area contributed by atoms with Gasteiger partial charge in [0.25, 0.3) is 0 Å². The molecule has 0 aromatic heterocycles. The molecule has 22 heavy (non-hydrogen) atoms. The molecule has 0 aromatic carbocycles. The number of hydrogen-bond donors (Lipinski definition) is 2. The highest BCUT2D eigenvalue weighted by Crippen LogP contribution is 2.08. The standard InChI is InChI=1S/2C8H15NO2/c2*1-2-11-8(10)7-5-3-4-6-9-7/h2*7,9H,2-6H2,1H3. The molecule has 2 fully saturated rings. The van der Waals surface area contributed by atoms with Gasteiger partial charge in [0.2, 0.25) is 0 Å². The molecule has 6 heteroatoms. The van der Waals surface area contributed by atoms with E-state index in [1.807, 2.05) is 13.8 Å². The number of piperidine rings is 2. The van der Waals surface area contributed by atoms with Crippen LogP contribution in [0.25, 0.3) is 0 Å². The van der Waals surface area contributed by atoms with Crippen molar-refractivity contribution in [1.29, 1.82) is 0 Å². The van der Waals surface area contributed by atoms with Gasteiger partial charge in [0.1, 0.15) is 12.1 Å². The van der Waals surface area contributed by atoms with E-state index < -0.39 is 0 Å². The van der Waals surface area contributed by atoms with Crippen LogP contribution in [-0.4, -0.2) is 50.3 Å². The number of nitrogens with one attached hydrogen (secondary N) is 2. The van der Waals surface area contributed by atoms with Gasteiger partial charge in [-0.2, -0.15) is 0 Å². The van der Waals surface area contributed by atoms with Gasteiger partial charge in [-0.25, -0.2) is 0 Å². The van der Waals surface area contributed by atoms with E-state index in [1.165, 1.54) is 12.8 Å². The average molecular weight is 314 g/mol. The van der Waals surface area contributed by atoms with E-state index in [1.54, 1.807) is 0 Å². The van der Waals surface area contributed by atoms with Crippen LogP contribution >= 0.6 is 0 Å². The molecule has 0 aliphatic carbocycles. The highest BCUT2D eigenvalue weighted by molar-refractivity contribution is 5.76. The number of carbonyl (C=O) groups is 2. The van der Waals surface area contributed by atoms with Gasteiger partial charge in [0.15, 0.2) is 0 Å². The highest BCUT2D eigenvalue weighted by atomic mass is 16.5. The highest BCUT2D eigenvalue weighted by Gasteiger charge is 2.21. The van der Waals surface area contributed by atoms with Crippen molar-refractivity contribution in [1.82, 2.24) is 10.6 Å². The first-order chi connectivity index (χ1) is 10.7. The zero-order chi connectivity index (χ0) is 16.2. The summed E-state index contributed by atoms with van der Waals surface area (Å²) in [5.41, 5.74) is 0. The summed E-state index contributed by atoms with van der Waals surface area (Å²) < 4.78 is 9.76. The second kappa shape index (κ2) is 11.4. The first-order valence-corrected chi connectivity index (χ1v) is 8.49. The molecule has 2 aliphatic rings. The molecule has 2 heterocycles. The maximum absolute atomic E-state index is 11.1. The molecule has 2 rings (SSSR count). The molecule has 0 radical (unpaired) electrons. The maximum atomic E-state index is 11.1. The van der Waals surface area contributed by atoms with Gasteiger partial charge in [-0.3, -0.25) is 9.59 Å². The third-order valence-electron chi connectivity index (χ3n) is 3.76. The summed E-state index contributed by atoms with van der Waals surface area (Å²) in [7, 11) is 0. The molecule has 128 valence electrons. The molecule has 0 bridgehead atoms. The summed E-state index contributed by atoms with van der Waals surface area (Å²) in [4.78, 5) is 22.2. The minimum Gasteiger partial charge on any atom is -0.465 e. The lowest BCUT2D eigenvalue weighted by molar-refractivity contribution is -0.147. The number of rotatable bonds is 4. The van der Waals surface area contributed by atoms with Gasteiger partial charge < -0.3 is 20.1 Å². The van der Waals surface area contributed by atoms with Crippen molar-refractivity contribution in [3.8, 4) is 0 Å². The van der Waals surface area contributed by atoms with Crippen LogP contribution in [0.3, 0.4) is 0 Å². The van der Waals surface area contributed by atoms with Crippen molar-refractivity contribution in [3.05, 3.63) is 0 Å². The summed E-state index contributed by atoms with van der Waals surface area (Å²) in [5, 5.41) is 6.26. The third kappa shape index (κ3) is 7.22. The Bertz CT molecular complexity index is 292. The summed E-state index contributed by atoms with van der Waals surface area (Å²) in [6.07, 6.45) is 6.48. The summed E-state index contributed by atoms with van der Waals surface area (Å²) in [6, 6.07) is -0.0765. The van der Waals surface area contributed by atoms with E-state index in [0.29, 0.717) is 13.2 Å². The maximum Gasteiger partial charge on any atom is 0.323 e. The quantitative estimate of drug-likeness (QED) is 0.764. The van der Waals surface area contributed by atoms with Crippen LogP contribution in [0.4, 0.5) is 0 Å². The lowest BCUT2D eigenvalue weighted by Gasteiger charge is -2.21. The summed E-state index contributed by atoms with van der Waals surface area (Å²) >= 11 is 0. The minimum absolute atomic E-state index is 0.0382. The SMILES string of the molecule is CCOC(=O)C1CCCCN1.CCOC(=O)C1CCCCN1. The Hall–Kier alpha value is -1.14. The molecule has 2 N–H and O–H groups in total. The Morgan fingerprint density at radius 3 is 1.50 bits per heavy atom. The van der Waals surface area contributed by atoms with E-state index in [0.717, 1.165) is 38.8 Å². The zero-order valence-corrected chi connectivity index (χ0v) is 13.9. The largest absolute Gasteiger partial charge is 0.465 e. The van der Waals surface area contributed by atoms with Gasteiger partial charge in [0.05, 0.1) is 13.2 Å². The minimum atomic E-state index is -0.0906. The number of carbonyl (C=O) groups excluding carboxylic acids is 2. The van der Waals surface area contributed by atoms with Crippen molar-refractivity contribution >= 4 is 11.9 Å². The van der Waals surface area contributed by atoms with Crippen LogP contribution in [0, 0.1) is 0 Å². The Balaban J connectivity index is 0.000000220. The molecule has 2 saturated heterocycles. The van der Waals surface area contributed by atoms with Crippen LogP contribution in [0.2, 0.25) is 0 Å². The van der Waals surface area contributed by atoms with Crippen LogP contribution in [0.15, 0.2) is 0 Å². The van der Waals surface area contributed by atoms with Gasteiger partial charge in [-0.15, -0.1) is 0 Å². The molecule has 2 aliphatic heterocycles. The number of esters is 2. The normalized spacial score (nSPS) is 24.6. The first kappa shape index (κ1) is 18.9. The second-order valence-corrected chi connectivity index (χ2v) is 5.51. The number of ether oxygens (including phenoxy) is 2. The Kier molecular flexibility index (Phi) is 9.82. The van der Waals surface area contributed by atoms with Gasteiger partial charge >= 0.3 is 11.9 Å². The molecule has 0 aromatic rings. The monoisotopic (exact) mass is 314 g/mol. The van der Waals surface area contributed by atoms with Crippen LogP contribution in [0.5, 0.6) is 0 Å². The Labute approximate surface area is 133 Å². The fourth-order valence-electron chi connectivity index (χ4n) is 2.59. The zero-order valence-electron chi connectivity index (χ0n) is 13.9. The molecular weight excluding hydrogens is 284 g/mol. The third-order valence-corrected chi connectivity index (χ3v) is 3.76. The van der Waals surface area contributed by atoms with Crippen LogP contribution in [0.1, 0.15) is 52.4 Å². The van der Waals surface area contributed by atoms with Crippen LogP contribution < -0.4 is 10.6 Å². The van der Waals surface area contributed by atoms with Crippen LogP contribution in [-0.2, 0) is 19.1 Å². The lowest BCUT2D eigenvalue weighted by Crippen LogP contribution is -2.41. The predicted octanol–water partition coefficient (Wildman–Crippen LogP) is 1.38. The van der Waals surface area contributed by atoms with E-state index in [2.05, 4.69) is 10.6 Å². The molecular formula is C16H30N2O4. The second-order valence-electron chi connectivity index (χ2n) is 5.51. The average Bonchev–Trinajstić information content (AvgIpc) is 2.57. The molecule has 0 saturated carbocycles. The van der Waals surface area contributed by atoms with Gasteiger partial charge in [0, 0.05) is 0 Å². The van der Waals surface area contributed by atoms with Crippen molar-refractivity contribution in [2.45, 2.75) is 64.5 Å². The van der Waals surface area contributed by atoms with Crippen molar-refractivity contribution < 1.29 is 19.1 Å². The molecule has 2 unspecified atom stereocenters. The first-order valence-electron chi connectivity index (χ1n) is 8.49. The van der Waals surface area contributed by atoms with Crippen molar-refractivity contribution in [3.63, 3.8) is 0 Å². The molecule has 0 spiro atoms. The summed E-state index contributed by atoms with van der Waals surface area (Å²) in [6.45, 7) is 6.53. The van der Waals surface area contributed by atoms with E-state index in [9.17, 15) is 9.59 Å². The van der Waals surface area contributed by atoms with Gasteiger partial charge in [-0.1, -0.05) is 12.8 Å². The van der Waals surface area contributed by atoms with E-state index in [4.69, 9.17) is 9.47 Å². The fourth-order valence-corrected chi connectivity index (χ4v) is 2.59. The smallest absolute Gasteiger partial charge is 0.323 e. The Morgan fingerprint density at radius 1 is 0.818 bits per heavy atom. The predicted molar refractivity (Wildman–Crippen MR) is 84.5 cm³/mol. The lowest BCUT2D eigenvalue weighted by atomic mass is 10.1. The molecule has 6 nitrogen and oxygen atoms in total. The summed E-state index contributed by atoms with van der Waals surface area (Å²) in [5.74, 6) is -0.181. The van der Waals surface area contributed by atoms with E-state index in [-0.39, 0.29) is 24.0 Å². The topological polar surface area (TPSA) is 76.7 Å². The fraction of sp³-hybridized carbons (Fsp3) is 0.875. The molecule has 0 amide bonds. The van der Waals surface area contributed by atoms with E-state index >= 15 is 0 Å². The van der Waals surface area contributed by atoms with Gasteiger partial charge in [-0.05, 0) is 52.6 Å². The van der Waals surface area contributed by atoms with Crippen molar-refractivity contribution in [2.75, 3.05) is 26.3 Å².